The third kappa shape index (κ3) is 5.35. The van der Waals surface area contributed by atoms with Crippen LogP contribution in [0.25, 0.3) is 0 Å². The van der Waals surface area contributed by atoms with Crippen molar-refractivity contribution < 1.29 is 14.6 Å². The zero-order valence-corrected chi connectivity index (χ0v) is 11.7. The molecule has 0 bridgehead atoms. The van der Waals surface area contributed by atoms with Crippen molar-refractivity contribution >= 4 is 23.8 Å². The van der Waals surface area contributed by atoms with Gasteiger partial charge in [-0.25, -0.2) is 0 Å². The second-order valence-electron chi connectivity index (χ2n) is 4.59. The quantitative estimate of drug-likeness (QED) is 0.439. The van der Waals surface area contributed by atoms with Crippen molar-refractivity contribution in [2.45, 2.75) is 19.3 Å². The first-order valence-electron chi connectivity index (χ1n) is 6.91. The van der Waals surface area contributed by atoms with Crippen LogP contribution in [0.2, 0.25) is 0 Å². The number of rotatable bonds is 7. The van der Waals surface area contributed by atoms with Gasteiger partial charge in [-0.05, 0) is 25.0 Å². The van der Waals surface area contributed by atoms with E-state index in [-0.39, 0.29) is 6.42 Å². The van der Waals surface area contributed by atoms with Crippen molar-refractivity contribution in [3.63, 3.8) is 0 Å². The lowest BCUT2D eigenvalue weighted by atomic mass is 10.2. The van der Waals surface area contributed by atoms with Crippen LogP contribution in [0, 0.1) is 0 Å². The first-order chi connectivity index (χ1) is 10.3. The molecule has 114 valence electrons. The summed E-state index contributed by atoms with van der Waals surface area (Å²) in [7, 11) is 0. The van der Waals surface area contributed by atoms with E-state index in [9.17, 15) is 4.79 Å². The van der Waals surface area contributed by atoms with Crippen LogP contribution in [0.15, 0.2) is 17.2 Å². The number of anilines is 2. The van der Waals surface area contributed by atoms with Crippen LogP contribution in [0.1, 0.15) is 19.3 Å². The predicted octanol–water partition coefficient (Wildman–Crippen LogP) is 0.966. The number of aromatic nitrogens is 2. The van der Waals surface area contributed by atoms with Gasteiger partial charge in [0.25, 0.3) is 0 Å². The zero-order chi connectivity index (χ0) is 14.9. The van der Waals surface area contributed by atoms with Gasteiger partial charge in [0.2, 0.25) is 0 Å². The molecule has 2 rings (SSSR count). The van der Waals surface area contributed by atoms with E-state index >= 15 is 0 Å². The van der Waals surface area contributed by atoms with Gasteiger partial charge >= 0.3 is 5.97 Å². The number of ether oxygens (including phenoxy) is 1. The average molecular weight is 293 g/mol. The zero-order valence-electron chi connectivity index (χ0n) is 11.7. The maximum Gasteiger partial charge on any atom is 0.303 e. The molecule has 0 atom stereocenters. The van der Waals surface area contributed by atoms with Gasteiger partial charge in [-0.1, -0.05) is 0 Å². The molecule has 1 aliphatic rings. The second-order valence-corrected chi connectivity index (χ2v) is 4.59. The SMILES string of the molecule is O=C(O)CCCC=NNc1ccc(N2CCOCC2)nn1. The highest BCUT2D eigenvalue weighted by atomic mass is 16.5. The summed E-state index contributed by atoms with van der Waals surface area (Å²) in [6.45, 7) is 3.07. The number of unbranched alkanes of at least 4 members (excludes halogenated alkanes) is 1. The molecule has 0 saturated carbocycles. The van der Waals surface area contributed by atoms with E-state index in [0.29, 0.717) is 31.9 Å². The summed E-state index contributed by atoms with van der Waals surface area (Å²) in [5.74, 6) is 0.594. The fraction of sp³-hybridized carbons (Fsp3) is 0.538. The van der Waals surface area contributed by atoms with Crippen molar-refractivity contribution in [1.29, 1.82) is 0 Å². The molecule has 8 nitrogen and oxygen atoms in total. The number of hydrogen-bond donors (Lipinski definition) is 2. The van der Waals surface area contributed by atoms with E-state index in [4.69, 9.17) is 9.84 Å². The third-order valence-electron chi connectivity index (χ3n) is 2.98. The molecule has 1 saturated heterocycles. The second kappa shape index (κ2) is 8.15. The summed E-state index contributed by atoms with van der Waals surface area (Å²) < 4.78 is 5.29. The highest BCUT2D eigenvalue weighted by molar-refractivity contribution is 5.67. The molecular weight excluding hydrogens is 274 g/mol. The number of nitrogens with zero attached hydrogens (tertiary/aromatic N) is 4. The number of carboxylic acid groups (broad SMARTS) is 1. The van der Waals surface area contributed by atoms with E-state index < -0.39 is 5.97 Å². The Labute approximate surface area is 122 Å². The highest BCUT2D eigenvalue weighted by Crippen LogP contribution is 2.13. The molecule has 0 radical (unpaired) electrons. The van der Waals surface area contributed by atoms with E-state index in [1.165, 1.54) is 0 Å². The Bertz CT molecular complexity index is 471. The van der Waals surface area contributed by atoms with Gasteiger partial charge in [0.05, 0.1) is 13.2 Å². The smallest absolute Gasteiger partial charge is 0.303 e. The molecule has 21 heavy (non-hydrogen) atoms. The van der Waals surface area contributed by atoms with Crippen LogP contribution in [0.4, 0.5) is 11.6 Å². The topological polar surface area (TPSA) is 99.9 Å². The highest BCUT2D eigenvalue weighted by Gasteiger charge is 2.12. The van der Waals surface area contributed by atoms with Crippen molar-refractivity contribution in [1.82, 2.24) is 10.2 Å². The maximum atomic E-state index is 10.3. The molecule has 1 aromatic rings. The summed E-state index contributed by atoms with van der Waals surface area (Å²) in [6.07, 6.45) is 2.97. The first kappa shape index (κ1) is 15.2. The summed E-state index contributed by atoms with van der Waals surface area (Å²) in [5.41, 5.74) is 2.77. The van der Waals surface area contributed by atoms with Crippen LogP contribution >= 0.6 is 0 Å². The van der Waals surface area contributed by atoms with Gasteiger partial charge in [0, 0.05) is 25.7 Å². The number of nitrogens with one attached hydrogen (secondary N) is 1. The van der Waals surface area contributed by atoms with Crippen LogP contribution in [0.3, 0.4) is 0 Å². The molecule has 0 aliphatic carbocycles. The van der Waals surface area contributed by atoms with Gasteiger partial charge in [-0.3, -0.25) is 10.2 Å². The summed E-state index contributed by atoms with van der Waals surface area (Å²) in [4.78, 5) is 12.4. The maximum absolute atomic E-state index is 10.3. The van der Waals surface area contributed by atoms with Gasteiger partial charge in [0.15, 0.2) is 11.6 Å². The van der Waals surface area contributed by atoms with Crippen molar-refractivity contribution in [3.05, 3.63) is 12.1 Å². The lowest BCUT2D eigenvalue weighted by molar-refractivity contribution is -0.137. The lowest BCUT2D eigenvalue weighted by Gasteiger charge is -2.27. The van der Waals surface area contributed by atoms with Gasteiger partial charge in [-0.15, -0.1) is 10.2 Å². The lowest BCUT2D eigenvalue weighted by Crippen LogP contribution is -2.36. The van der Waals surface area contributed by atoms with Crippen molar-refractivity contribution in [2.75, 3.05) is 36.6 Å². The molecule has 2 N–H and O–H groups in total. The molecule has 1 aliphatic heterocycles. The molecular formula is C13H19N5O3. The molecule has 1 aromatic heterocycles. The van der Waals surface area contributed by atoms with E-state index in [1.54, 1.807) is 6.21 Å². The van der Waals surface area contributed by atoms with Crippen LogP contribution in [-0.2, 0) is 9.53 Å². The number of hydrogen-bond acceptors (Lipinski definition) is 7. The molecule has 0 amide bonds. The minimum absolute atomic E-state index is 0.153. The van der Waals surface area contributed by atoms with Gasteiger partial charge < -0.3 is 14.7 Å². The van der Waals surface area contributed by atoms with Crippen LogP contribution < -0.4 is 10.3 Å². The fourth-order valence-corrected chi connectivity index (χ4v) is 1.87. The Morgan fingerprint density at radius 1 is 1.43 bits per heavy atom. The number of morpholine rings is 1. The molecule has 8 heteroatoms. The number of carboxylic acids is 1. The van der Waals surface area contributed by atoms with Crippen LogP contribution in [-0.4, -0.2) is 53.8 Å². The normalized spacial score (nSPS) is 15.3. The summed E-state index contributed by atoms with van der Waals surface area (Å²) in [5, 5.41) is 20.7. The van der Waals surface area contributed by atoms with Crippen molar-refractivity contribution in [3.8, 4) is 0 Å². The number of hydrazone groups is 1. The minimum atomic E-state index is -0.791. The molecule has 0 aromatic carbocycles. The Kier molecular flexibility index (Phi) is 5.89. The predicted molar refractivity (Wildman–Crippen MR) is 78.7 cm³/mol. The largest absolute Gasteiger partial charge is 0.481 e. The summed E-state index contributed by atoms with van der Waals surface area (Å²) >= 11 is 0. The molecule has 0 spiro atoms. The number of carbonyl (C=O) groups is 1. The fourth-order valence-electron chi connectivity index (χ4n) is 1.87. The standard InChI is InChI=1S/C13H19N5O3/c19-13(20)3-1-2-6-14-15-11-4-5-12(17-16-11)18-7-9-21-10-8-18/h4-6H,1-3,7-10H2,(H,15,16)(H,19,20). The van der Waals surface area contributed by atoms with E-state index in [1.807, 2.05) is 12.1 Å². The first-order valence-corrected chi connectivity index (χ1v) is 6.91. The van der Waals surface area contributed by atoms with Crippen LogP contribution in [0.5, 0.6) is 0 Å². The average Bonchev–Trinajstić information content (AvgIpc) is 2.52. The number of aliphatic carboxylic acids is 1. The monoisotopic (exact) mass is 293 g/mol. The summed E-state index contributed by atoms with van der Waals surface area (Å²) in [6, 6.07) is 3.70. The molecule has 0 unspecified atom stereocenters. The van der Waals surface area contributed by atoms with Gasteiger partial charge in [-0.2, -0.15) is 5.10 Å². The van der Waals surface area contributed by atoms with E-state index in [2.05, 4.69) is 25.6 Å². The molecule has 2 heterocycles. The Hall–Kier alpha value is -2.22. The Balaban J connectivity index is 1.74. The van der Waals surface area contributed by atoms with Crippen molar-refractivity contribution in [2.24, 2.45) is 5.10 Å². The third-order valence-corrected chi connectivity index (χ3v) is 2.98. The minimum Gasteiger partial charge on any atom is -0.481 e. The Morgan fingerprint density at radius 2 is 2.24 bits per heavy atom. The molecule has 1 fully saturated rings. The van der Waals surface area contributed by atoms with E-state index in [0.717, 1.165) is 18.9 Å². The van der Waals surface area contributed by atoms with Gasteiger partial charge in [0.1, 0.15) is 0 Å². The Morgan fingerprint density at radius 3 is 2.90 bits per heavy atom.